The third-order valence-electron chi connectivity index (χ3n) is 2.92. The van der Waals surface area contributed by atoms with Gasteiger partial charge in [-0.15, -0.1) is 0 Å². The normalized spacial score (nSPS) is 10.4. The van der Waals surface area contributed by atoms with Gasteiger partial charge in [-0.2, -0.15) is 0 Å². The molecule has 1 aromatic rings. The van der Waals surface area contributed by atoms with Crippen LogP contribution in [0.4, 0.5) is 0 Å². The third kappa shape index (κ3) is 4.96. The summed E-state index contributed by atoms with van der Waals surface area (Å²) in [6, 6.07) is 6.02. The van der Waals surface area contributed by atoms with E-state index in [1.165, 1.54) is 24.8 Å². The van der Waals surface area contributed by atoms with E-state index in [9.17, 15) is 0 Å². The molecule has 0 spiro atoms. The van der Waals surface area contributed by atoms with Gasteiger partial charge in [0.15, 0.2) is 11.5 Å². The fraction of sp³-hybridized carbons (Fsp3) is 0.600. The van der Waals surface area contributed by atoms with Crippen molar-refractivity contribution in [3.05, 3.63) is 23.8 Å². The van der Waals surface area contributed by atoms with Gasteiger partial charge in [0, 0.05) is 0 Å². The summed E-state index contributed by atoms with van der Waals surface area (Å²) in [6.45, 7) is 3.62. The van der Waals surface area contributed by atoms with Crippen molar-refractivity contribution in [3.63, 3.8) is 0 Å². The van der Waals surface area contributed by atoms with Crippen LogP contribution in [0.5, 0.6) is 11.5 Å². The SMILES string of the molecule is CCCCCCOc1cc(CCN)ccc1OC. The van der Waals surface area contributed by atoms with Crippen LogP contribution in [0, 0.1) is 0 Å². The molecule has 0 bridgehead atoms. The Balaban J connectivity index is 2.52. The Bertz CT molecular complexity index is 339. The maximum Gasteiger partial charge on any atom is 0.161 e. The zero-order valence-corrected chi connectivity index (χ0v) is 11.6. The molecule has 0 atom stereocenters. The van der Waals surface area contributed by atoms with E-state index < -0.39 is 0 Å². The lowest BCUT2D eigenvalue weighted by Crippen LogP contribution is -2.04. The highest BCUT2D eigenvalue weighted by Gasteiger charge is 2.05. The van der Waals surface area contributed by atoms with Crippen molar-refractivity contribution in [1.82, 2.24) is 0 Å². The van der Waals surface area contributed by atoms with Crippen molar-refractivity contribution in [1.29, 1.82) is 0 Å². The molecule has 0 radical (unpaired) electrons. The van der Waals surface area contributed by atoms with Crippen LogP contribution in [-0.4, -0.2) is 20.3 Å². The molecule has 0 saturated heterocycles. The minimum atomic E-state index is 0.655. The molecule has 0 aliphatic heterocycles. The number of benzene rings is 1. The van der Waals surface area contributed by atoms with Crippen molar-refractivity contribution in [3.8, 4) is 11.5 Å². The van der Waals surface area contributed by atoms with Crippen LogP contribution in [-0.2, 0) is 6.42 Å². The third-order valence-corrected chi connectivity index (χ3v) is 2.92. The first kappa shape index (κ1) is 14.8. The van der Waals surface area contributed by atoms with Crippen LogP contribution in [0.2, 0.25) is 0 Å². The van der Waals surface area contributed by atoms with Crippen molar-refractivity contribution < 1.29 is 9.47 Å². The zero-order chi connectivity index (χ0) is 13.2. The Labute approximate surface area is 110 Å². The van der Waals surface area contributed by atoms with E-state index in [1.54, 1.807) is 7.11 Å². The van der Waals surface area contributed by atoms with Gasteiger partial charge in [0.05, 0.1) is 13.7 Å². The molecular formula is C15H25NO2. The van der Waals surface area contributed by atoms with Gasteiger partial charge in [-0.05, 0) is 37.1 Å². The maximum absolute atomic E-state index is 5.80. The van der Waals surface area contributed by atoms with Gasteiger partial charge in [-0.3, -0.25) is 0 Å². The Morgan fingerprint density at radius 1 is 1.11 bits per heavy atom. The van der Waals surface area contributed by atoms with Crippen molar-refractivity contribution in [2.24, 2.45) is 5.73 Å². The minimum Gasteiger partial charge on any atom is -0.493 e. The van der Waals surface area contributed by atoms with Crippen LogP contribution in [0.1, 0.15) is 38.2 Å². The summed E-state index contributed by atoms with van der Waals surface area (Å²) in [5.41, 5.74) is 6.76. The molecule has 0 amide bonds. The first-order chi connectivity index (χ1) is 8.81. The summed E-state index contributed by atoms with van der Waals surface area (Å²) in [7, 11) is 1.67. The van der Waals surface area contributed by atoms with Crippen LogP contribution in [0.15, 0.2) is 18.2 Å². The topological polar surface area (TPSA) is 44.5 Å². The average Bonchev–Trinajstić information content (AvgIpc) is 2.39. The molecule has 102 valence electrons. The molecule has 0 saturated carbocycles. The number of hydrogen-bond donors (Lipinski definition) is 1. The largest absolute Gasteiger partial charge is 0.493 e. The van der Waals surface area contributed by atoms with Crippen LogP contribution < -0.4 is 15.2 Å². The lowest BCUT2D eigenvalue weighted by Gasteiger charge is -2.12. The number of ether oxygens (including phenoxy) is 2. The molecular weight excluding hydrogens is 226 g/mol. The summed E-state index contributed by atoms with van der Waals surface area (Å²) in [5.74, 6) is 1.63. The molecule has 0 aliphatic rings. The molecule has 0 aromatic heterocycles. The number of rotatable bonds is 9. The standard InChI is InChI=1S/C15H25NO2/c1-3-4-5-6-11-18-15-12-13(9-10-16)7-8-14(15)17-2/h7-8,12H,3-6,9-11,16H2,1-2H3. The summed E-state index contributed by atoms with van der Waals surface area (Å²) < 4.78 is 11.1. The van der Waals surface area contributed by atoms with Gasteiger partial charge in [-0.1, -0.05) is 32.3 Å². The highest BCUT2D eigenvalue weighted by Crippen LogP contribution is 2.28. The predicted octanol–water partition coefficient (Wildman–Crippen LogP) is 3.16. The molecule has 0 fully saturated rings. The fourth-order valence-electron chi connectivity index (χ4n) is 1.87. The van der Waals surface area contributed by atoms with E-state index in [-0.39, 0.29) is 0 Å². The van der Waals surface area contributed by atoms with Gasteiger partial charge in [-0.25, -0.2) is 0 Å². The number of nitrogens with two attached hydrogens (primary N) is 1. The molecule has 3 heteroatoms. The molecule has 0 aliphatic carbocycles. The highest BCUT2D eigenvalue weighted by molar-refractivity contribution is 5.43. The lowest BCUT2D eigenvalue weighted by atomic mass is 10.1. The molecule has 1 rings (SSSR count). The first-order valence-corrected chi connectivity index (χ1v) is 6.81. The van der Waals surface area contributed by atoms with Gasteiger partial charge in [0.25, 0.3) is 0 Å². The molecule has 2 N–H and O–H groups in total. The second-order valence-electron chi connectivity index (χ2n) is 4.43. The predicted molar refractivity (Wildman–Crippen MR) is 75.4 cm³/mol. The van der Waals surface area contributed by atoms with E-state index in [4.69, 9.17) is 15.2 Å². The minimum absolute atomic E-state index is 0.655. The van der Waals surface area contributed by atoms with E-state index >= 15 is 0 Å². The van der Waals surface area contributed by atoms with Gasteiger partial charge in [0.1, 0.15) is 0 Å². The smallest absolute Gasteiger partial charge is 0.161 e. The van der Waals surface area contributed by atoms with E-state index in [0.717, 1.165) is 30.9 Å². The van der Waals surface area contributed by atoms with Gasteiger partial charge < -0.3 is 15.2 Å². The van der Waals surface area contributed by atoms with Crippen LogP contribution >= 0.6 is 0 Å². The summed E-state index contributed by atoms with van der Waals surface area (Å²) in [5, 5.41) is 0. The Morgan fingerprint density at radius 3 is 2.61 bits per heavy atom. The summed E-state index contributed by atoms with van der Waals surface area (Å²) >= 11 is 0. The zero-order valence-electron chi connectivity index (χ0n) is 11.6. The van der Waals surface area contributed by atoms with Gasteiger partial charge >= 0.3 is 0 Å². The number of methoxy groups -OCH3 is 1. The number of hydrogen-bond acceptors (Lipinski definition) is 3. The van der Waals surface area contributed by atoms with Gasteiger partial charge in [0.2, 0.25) is 0 Å². The van der Waals surface area contributed by atoms with E-state index in [2.05, 4.69) is 6.92 Å². The Kier molecular flexibility index (Phi) is 7.26. The highest BCUT2D eigenvalue weighted by atomic mass is 16.5. The van der Waals surface area contributed by atoms with Crippen LogP contribution in [0.3, 0.4) is 0 Å². The molecule has 0 heterocycles. The second kappa shape index (κ2) is 8.81. The van der Waals surface area contributed by atoms with E-state index in [1.807, 2.05) is 18.2 Å². The quantitative estimate of drug-likeness (QED) is 0.686. The Hall–Kier alpha value is -1.22. The maximum atomic E-state index is 5.80. The second-order valence-corrected chi connectivity index (χ2v) is 4.43. The monoisotopic (exact) mass is 251 g/mol. The summed E-state index contributed by atoms with van der Waals surface area (Å²) in [6.07, 6.45) is 5.71. The molecule has 18 heavy (non-hydrogen) atoms. The summed E-state index contributed by atoms with van der Waals surface area (Å²) in [4.78, 5) is 0. The Morgan fingerprint density at radius 2 is 1.94 bits per heavy atom. The first-order valence-electron chi connectivity index (χ1n) is 6.81. The fourth-order valence-corrected chi connectivity index (χ4v) is 1.87. The lowest BCUT2D eigenvalue weighted by molar-refractivity contribution is 0.285. The van der Waals surface area contributed by atoms with Crippen molar-refractivity contribution >= 4 is 0 Å². The average molecular weight is 251 g/mol. The van der Waals surface area contributed by atoms with E-state index in [0.29, 0.717) is 6.54 Å². The molecule has 3 nitrogen and oxygen atoms in total. The van der Waals surface area contributed by atoms with Crippen LogP contribution in [0.25, 0.3) is 0 Å². The molecule has 0 unspecified atom stereocenters. The molecule has 1 aromatic carbocycles. The van der Waals surface area contributed by atoms with Crippen molar-refractivity contribution in [2.75, 3.05) is 20.3 Å². The van der Waals surface area contributed by atoms with Crippen molar-refractivity contribution in [2.45, 2.75) is 39.0 Å². The number of unbranched alkanes of at least 4 members (excludes halogenated alkanes) is 3.